The first kappa shape index (κ1) is 14.1. The molecule has 0 bridgehead atoms. The first-order valence-electron chi connectivity index (χ1n) is 6.73. The first-order valence-corrected chi connectivity index (χ1v) is 7.10. The fourth-order valence-corrected chi connectivity index (χ4v) is 2.96. The van der Waals surface area contributed by atoms with Crippen molar-refractivity contribution >= 4 is 17.3 Å². The van der Waals surface area contributed by atoms with Gasteiger partial charge < -0.3 is 4.74 Å². The molecule has 0 amide bonds. The third-order valence-electron chi connectivity index (χ3n) is 3.77. The summed E-state index contributed by atoms with van der Waals surface area (Å²) in [6, 6.07) is 4.84. The highest BCUT2D eigenvalue weighted by atomic mass is 35.5. The molecule has 1 aliphatic carbocycles. The standard InChI is InChI=1S/C14H18ClNO3/c1-2-10-6-3-4-8-12(10)19-13-9-5-7-11(15)14(13)16(17)18/h5,7,9-10,12H,2-4,6,8H2,1H3. The summed E-state index contributed by atoms with van der Waals surface area (Å²) in [5, 5.41) is 11.2. The Kier molecular flexibility index (Phi) is 4.64. The minimum Gasteiger partial charge on any atom is -0.483 e. The Hall–Kier alpha value is -1.29. The third-order valence-corrected chi connectivity index (χ3v) is 4.08. The smallest absolute Gasteiger partial charge is 0.329 e. The van der Waals surface area contributed by atoms with Crippen LogP contribution in [0, 0.1) is 16.0 Å². The normalized spacial score (nSPS) is 23.1. The molecule has 2 unspecified atom stereocenters. The van der Waals surface area contributed by atoms with Crippen LogP contribution in [-0.2, 0) is 0 Å². The molecule has 2 atom stereocenters. The summed E-state index contributed by atoms with van der Waals surface area (Å²) in [7, 11) is 0. The molecule has 4 nitrogen and oxygen atoms in total. The van der Waals surface area contributed by atoms with E-state index in [2.05, 4.69) is 6.92 Å². The second kappa shape index (κ2) is 6.24. The van der Waals surface area contributed by atoms with Crippen molar-refractivity contribution in [3.05, 3.63) is 33.3 Å². The van der Waals surface area contributed by atoms with Gasteiger partial charge in [-0.05, 0) is 43.7 Å². The third kappa shape index (κ3) is 3.18. The molecule has 0 aliphatic heterocycles. The van der Waals surface area contributed by atoms with Crippen LogP contribution in [0.5, 0.6) is 5.75 Å². The molecule has 1 aromatic rings. The number of para-hydroxylation sites is 1. The molecule has 0 aromatic heterocycles. The van der Waals surface area contributed by atoms with Crippen LogP contribution in [0.3, 0.4) is 0 Å². The summed E-state index contributed by atoms with van der Waals surface area (Å²) in [6.45, 7) is 2.14. The lowest BCUT2D eigenvalue weighted by molar-refractivity contribution is -0.386. The predicted molar refractivity (Wildman–Crippen MR) is 74.8 cm³/mol. The van der Waals surface area contributed by atoms with Crippen molar-refractivity contribution < 1.29 is 9.66 Å². The van der Waals surface area contributed by atoms with E-state index < -0.39 is 4.92 Å². The number of rotatable bonds is 4. The maximum atomic E-state index is 11.1. The van der Waals surface area contributed by atoms with Crippen LogP contribution in [0.4, 0.5) is 5.69 Å². The summed E-state index contributed by atoms with van der Waals surface area (Å²) in [6.07, 6.45) is 5.54. The molecular formula is C14H18ClNO3. The maximum Gasteiger partial charge on any atom is 0.329 e. The largest absolute Gasteiger partial charge is 0.483 e. The number of halogens is 1. The van der Waals surface area contributed by atoms with E-state index in [1.165, 1.54) is 12.5 Å². The van der Waals surface area contributed by atoms with Gasteiger partial charge in [-0.2, -0.15) is 0 Å². The van der Waals surface area contributed by atoms with Gasteiger partial charge in [0.05, 0.1) is 4.92 Å². The fourth-order valence-electron chi connectivity index (χ4n) is 2.73. The molecular weight excluding hydrogens is 266 g/mol. The Morgan fingerprint density at radius 2 is 2.16 bits per heavy atom. The molecule has 0 spiro atoms. The molecule has 1 saturated carbocycles. The van der Waals surface area contributed by atoms with Gasteiger partial charge in [0, 0.05) is 0 Å². The van der Waals surface area contributed by atoms with Gasteiger partial charge in [0.2, 0.25) is 0 Å². The second-order valence-corrected chi connectivity index (χ2v) is 5.36. The van der Waals surface area contributed by atoms with Crippen LogP contribution < -0.4 is 4.74 Å². The number of nitro benzene ring substituents is 1. The Balaban J connectivity index is 2.22. The van der Waals surface area contributed by atoms with Crippen LogP contribution in [0.15, 0.2) is 18.2 Å². The van der Waals surface area contributed by atoms with E-state index in [1.54, 1.807) is 12.1 Å². The molecule has 0 radical (unpaired) electrons. The van der Waals surface area contributed by atoms with E-state index in [0.717, 1.165) is 25.7 Å². The van der Waals surface area contributed by atoms with Gasteiger partial charge in [0.15, 0.2) is 5.75 Å². The molecule has 19 heavy (non-hydrogen) atoms. The minimum atomic E-state index is -0.471. The van der Waals surface area contributed by atoms with Gasteiger partial charge in [-0.3, -0.25) is 10.1 Å². The Morgan fingerprint density at radius 1 is 1.42 bits per heavy atom. The van der Waals surface area contributed by atoms with E-state index in [1.807, 2.05) is 0 Å². The highest BCUT2D eigenvalue weighted by molar-refractivity contribution is 6.32. The Bertz CT molecular complexity index is 464. The molecule has 1 aromatic carbocycles. The van der Waals surface area contributed by atoms with Crippen LogP contribution in [0.25, 0.3) is 0 Å². The first-order chi connectivity index (χ1) is 9.13. The number of hydrogen-bond donors (Lipinski definition) is 0. The zero-order chi connectivity index (χ0) is 13.8. The van der Waals surface area contributed by atoms with Gasteiger partial charge in [-0.15, -0.1) is 0 Å². The van der Waals surface area contributed by atoms with Gasteiger partial charge in [0.1, 0.15) is 11.1 Å². The molecule has 0 heterocycles. The molecule has 1 aliphatic rings. The lowest BCUT2D eigenvalue weighted by Gasteiger charge is -2.31. The SMILES string of the molecule is CCC1CCCCC1Oc1cccc(Cl)c1[N+](=O)[O-]. The van der Waals surface area contributed by atoms with Crippen molar-refractivity contribution in [2.24, 2.45) is 5.92 Å². The molecule has 104 valence electrons. The highest BCUT2D eigenvalue weighted by Crippen LogP contribution is 2.38. The number of benzene rings is 1. The van der Waals surface area contributed by atoms with Gasteiger partial charge in [-0.25, -0.2) is 0 Å². The lowest BCUT2D eigenvalue weighted by Crippen LogP contribution is -2.30. The van der Waals surface area contributed by atoms with Crippen LogP contribution in [0.1, 0.15) is 39.0 Å². The fraction of sp³-hybridized carbons (Fsp3) is 0.571. The summed E-state index contributed by atoms with van der Waals surface area (Å²) in [4.78, 5) is 10.6. The summed E-state index contributed by atoms with van der Waals surface area (Å²) in [5.74, 6) is 0.773. The quantitative estimate of drug-likeness (QED) is 0.599. The summed E-state index contributed by atoms with van der Waals surface area (Å²) >= 11 is 5.89. The van der Waals surface area contributed by atoms with E-state index in [0.29, 0.717) is 11.7 Å². The van der Waals surface area contributed by atoms with E-state index >= 15 is 0 Å². The van der Waals surface area contributed by atoms with Crippen molar-refractivity contribution in [2.45, 2.75) is 45.1 Å². The van der Waals surface area contributed by atoms with Crippen molar-refractivity contribution in [3.63, 3.8) is 0 Å². The number of ether oxygens (including phenoxy) is 1. The number of hydrogen-bond acceptors (Lipinski definition) is 3. The van der Waals surface area contributed by atoms with Crippen molar-refractivity contribution in [1.29, 1.82) is 0 Å². The Morgan fingerprint density at radius 3 is 2.84 bits per heavy atom. The second-order valence-electron chi connectivity index (χ2n) is 4.95. The summed E-state index contributed by atoms with van der Waals surface area (Å²) < 4.78 is 5.91. The van der Waals surface area contributed by atoms with Crippen LogP contribution in [-0.4, -0.2) is 11.0 Å². The van der Waals surface area contributed by atoms with Crippen molar-refractivity contribution in [3.8, 4) is 5.75 Å². The summed E-state index contributed by atoms with van der Waals surface area (Å²) in [5.41, 5.74) is -0.121. The number of nitrogens with zero attached hydrogens (tertiary/aromatic N) is 1. The molecule has 0 N–H and O–H groups in total. The van der Waals surface area contributed by atoms with Gasteiger partial charge in [-0.1, -0.05) is 31.0 Å². The van der Waals surface area contributed by atoms with E-state index in [4.69, 9.17) is 16.3 Å². The average molecular weight is 284 g/mol. The minimum absolute atomic E-state index is 0.0657. The van der Waals surface area contributed by atoms with Crippen LogP contribution in [0.2, 0.25) is 5.02 Å². The van der Waals surface area contributed by atoms with Gasteiger partial charge in [0.25, 0.3) is 0 Å². The van der Waals surface area contributed by atoms with Crippen molar-refractivity contribution in [1.82, 2.24) is 0 Å². The highest BCUT2D eigenvalue weighted by Gasteiger charge is 2.28. The zero-order valence-corrected chi connectivity index (χ0v) is 11.7. The lowest BCUT2D eigenvalue weighted by atomic mass is 9.85. The zero-order valence-electron chi connectivity index (χ0n) is 11.0. The van der Waals surface area contributed by atoms with E-state index in [-0.39, 0.29) is 16.8 Å². The predicted octanol–water partition coefficient (Wildman–Crippen LogP) is 4.60. The van der Waals surface area contributed by atoms with E-state index in [9.17, 15) is 10.1 Å². The maximum absolute atomic E-state index is 11.1. The number of nitro groups is 1. The molecule has 0 saturated heterocycles. The monoisotopic (exact) mass is 283 g/mol. The molecule has 5 heteroatoms. The Labute approximate surface area is 117 Å². The van der Waals surface area contributed by atoms with Crippen LogP contribution >= 0.6 is 11.6 Å². The average Bonchev–Trinajstić information content (AvgIpc) is 2.39. The topological polar surface area (TPSA) is 52.4 Å². The molecule has 2 rings (SSSR count). The molecule has 1 fully saturated rings. The van der Waals surface area contributed by atoms with Crippen molar-refractivity contribution in [2.75, 3.05) is 0 Å². The van der Waals surface area contributed by atoms with Gasteiger partial charge >= 0.3 is 5.69 Å².